The Labute approximate surface area is 161 Å². The van der Waals surface area contributed by atoms with Crippen LogP contribution < -0.4 is 15.1 Å². The van der Waals surface area contributed by atoms with E-state index in [4.69, 9.17) is 4.74 Å². The molecule has 0 aliphatic carbocycles. The summed E-state index contributed by atoms with van der Waals surface area (Å²) in [6, 6.07) is 16.2. The normalized spacial score (nSPS) is 14.1. The molecule has 3 rings (SSSR count). The molecule has 5 heteroatoms. The third-order valence-electron chi connectivity index (χ3n) is 5.02. The van der Waals surface area contributed by atoms with Crippen molar-refractivity contribution >= 4 is 17.3 Å². The molecule has 1 aliphatic rings. The highest BCUT2D eigenvalue weighted by molar-refractivity contribution is 5.94. The number of nitrogens with zero attached hydrogens (tertiary/aromatic N) is 2. The van der Waals surface area contributed by atoms with Gasteiger partial charge in [-0.1, -0.05) is 12.1 Å². The fraction of sp³-hybridized carbons (Fsp3) is 0.409. The molecular formula is C22H29N3O2. The van der Waals surface area contributed by atoms with E-state index in [0.29, 0.717) is 12.1 Å². The lowest BCUT2D eigenvalue weighted by atomic mass is 10.1. The predicted molar refractivity (Wildman–Crippen MR) is 111 cm³/mol. The summed E-state index contributed by atoms with van der Waals surface area (Å²) in [6.07, 6.45) is 0. The van der Waals surface area contributed by atoms with Crippen LogP contribution in [-0.4, -0.2) is 45.3 Å². The Balaban J connectivity index is 1.54. The number of ether oxygens (including phenoxy) is 1. The van der Waals surface area contributed by atoms with E-state index in [0.717, 1.165) is 50.6 Å². The van der Waals surface area contributed by atoms with E-state index in [-0.39, 0.29) is 5.91 Å². The second kappa shape index (κ2) is 9.42. The number of benzene rings is 2. The number of morpholine rings is 1. The van der Waals surface area contributed by atoms with E-state index >= 15 is 0 Å². The molecule has 0 spiro atoms. The molecule has 1 fully saturated rings. The molecule has 2 aromatic rings. The van der Waals surface area contributed by atoms with Crippen LogP contribution in [0, 0.1) is 0 Å². The van der Waals surface area contributed by atoms with Crippen molar-refractivity contribution in [3.63, 3.8) is 0 Å². The molecule has 144 valence electrons. The van der Waals surface area contributed by atoms with Crippen molar-refractivity contribution in [2.24, 2.45) is 0 Å². The summed E-state index contributed by atoms with van der Waals surface area (Å²) >= 11 is 0. The lowest BCUT2D eigenvalue weighted by Crippen LogP contribution is -2.36. The number of anilines is 2. The van der Waals surface area contributed by atoms with E-state index < -0.39 is 0 Å². The highest BCUT2D eigenvalue weighted by atomic mass is 16.5. The fourth-order valence-electron chi connectivity index (χ4n) is 3.34. The molecular weight excluding hydrogens is 338 g/mol. The summed E-state index contributed by atoms with van der Waals surface area (Å²) in [5.74, 6) is -0.0432. The molecule has 1 N–H and O–H groups in total. The second-order valence-electron chi connectivity index (χ2n) is 6.67. The summed E-state index contributed by atoms with van der Waals surface area (Å²) in [4.78, 5) is 17.0. The number of carbonyl (C=O) groups excluding carboxylic acids is 1. The highest BCUT2D eigenvalue weighted by Gasteiger charge is 2.11. The van der Waals surface area contributed by atoms with Gasteiger partial charge in [-0.2, -0.15) is 0 Å². The van der Waals surface area contributed by atoms with Crippen LogP contribution in [-0.2, 0) is 11.3 Å². The first-order valence-corrected chi connectivity index (χ1v) is 9.76. The molecule has 0 bridgehead atoms. The molecule has 1 saturated heterocycles. The summed E-state index contributed by atoms with van der Waals surface area (Å²) < 4.78 is 5.39. The van der Waals surface area contributed by atoms with E-state index in [2.05, 4.69) is 53.2 Å². The first-order valence-electron chi connectivity index (χ1n) is 9.76. The minimum absolute atomic E-state index is 0.0432. The van der Waals surface area contributed by atoms with E-state index in [9.17, 15) is 4.79 Å². The van der Waals surface area contributed by atoms with Gasteiger partial charge in [0.1, 0.15) is 0 Å². The first-order chi connectivity index (χ1) is 13.2. The number of rotatable bonds is 7. The maximum Gasteiger partial charge on any atom is 0.251 e. The van der Waals surface area contributed by atoms with Gasteiger partial charge in [-0.15, -0.1) is 0 Å². The molecule has 0 unspecified atom stereocenters. The first kappa shape index (κ1) is 19.2. The molecule has 0 atom stereocenters. The maximum absolute atomic E-state index is 12.4. The molecule has 1 aliphatic heterocycles. The number of hydrogen-bond donors (Lipinski definition) is 1. The number of amides is 1. The van der Waals surface area contributed by atoms with Crippen molar-refractivity contribution in [2.75, 3.05) is 49.2 Å². The van der Waals surface area contributed by atoms with Crippen molar-refractivity contribution < 1.29 is 9.53 Å². The molecule has 5 nitrogen and oxygen atoms in total. The van der Waals surface area contributed by atoms with Gasteiger partial charge in [0, 0.05) is 49.7 Å². The van der Waals surface area contributed by atoms with Gasteiger partial charge < -0.3 is 19.9 Å². The quantitative estimate of drug-likeness (QED) is 0.816. The molecule has 1 amide bonds. The lowest BCUT2D eigenvalue weighted by Gasteiger charge is -2.28. The molecule has 27 heavy (non-hydrogen) atoms. The smallest absolute Gasteiger partial charge is 0.251 e. The van der Waals surface area contributed by atoms with Crippen molar-refractivity contribution in [3.05, 3.63) is 59.7 Å². The van der Waals surface area contributed by atoms with Crippen molar-refractivity contribution in [3.8, 4) is 0 Å². The minimum Gasteiger partial charge on any atom is -0.378 e. The van der Waals surface area contributed by atoms with Gasteiger partial charge in [0.2, 0.25) is 0 Å². The zero-order valence-corrected chi connectivity index (χ0v) is 16.3. The largest absolute Gasteiger partial charge is 0.378 e. The molecule has 1 heterocycles. The van der Waals surface area contributed by atoms with Crippen LogP contribution in [0.1, 0.15) is 29.8 Å². The number of carbonyl (C=O) groups is 1. The second-order valence-corrected chi connectivity index (χ2v) is 6.67. The maximum atomic E-state index is 12.4. The Kier molecular flexibility index (Phi) is 6.71. The highest BCUT2D eigenvalue weighted by Crippen LogP contribution is 2.17. The van der Waals surface area contributed by atoms with Gasteiger partial charge >= 0.3 is 0 Å². The van der Waals surface area contributed by atoms with Gasteiger partial charge in [-0.25, -0.2) is 0 Å². The zero-order chi connectivity index (χ0) is 19.1. The number of nitrogens with one attached hydrogen (secondary N) is 1. The Hall–Kier alpha value is -2.53. The summed E-state index contributed by atoms with van der Waals surface area (Å²) in [5.41, 5.74) is 4.14. The average molecular weight is 367 g/mol. The lowest BCUT2D eigenvalue weighted by molar-refractivity contribution is 0.0951. The summed E-state index contributed by atoms with van der Waals surface area (Å²) in [7, 11) is 0. The van der Waals surface area contributed by atoms with Crippen molar-refractivity contribution in [1.29, 1.82) is 0 Å². The molecule has 0 radical (unpaired) electrons. The third kappa shape index (κ3) is 5.01. The fourth-order valence-corrected chi connectivity index (χ4v) is 3.34. The van der Waals surface area contributed by atoms with Gasteiger partial charge in [-0.05, 0) is 55.8 Å². The Morgan fingerprint density at radius 1 is 1.00 bits per heavy atom. The van der Waals surface area contributed by atoms with Gasteiger partial charge in [0.25, 0.3) is 5.91 Å². The zero-order valence-electron chi connectivity index (χ0n) is 16.3. The van der Waals surface area contributed by atoms with Crippen molar-refractivity contribution in [1.82, 2.24) is 5.32 Å². The Bertz CT molecular complexity index is 718. The van der Waals surface area contributed by atoms with Crippen molar-refractivity contribution in [2.45, 2.75) is 20.4 Å². The summed E-state index contributed by atoms with van der Waals surface area (Å²) in [5, 5.41) is 3.00. The SMILES string of the molecule is CCN(CC)c1ccc(C(=O)NCc2ccc(N3CCOCC3)cc2)cc1. The van der Waals surface area contributed by atoms with Crippen LogP contribution in [0.25, 0.3) is 0 Å². The monoisotopic (exact) mass is 367 g/mol. The molecule has 2 aromatic carbocycles. The van der Waals surface area contributed by atoms with E-state index in [1.165, 1.54) is 5.69 Å². The molecule has 0 saturated carbocycles. The Morgan fingerprint density at radius 2 is 1.63 bits per heavy atom. The third-order valence-corrected chi connectivity index (χ3v) is 5.02. The predicted octanol–water partition coefficient (Wildman–Crippen LogP) is 3.30. The Morgan fingerprint density at radius 3 is 2.22 bits per heavy atom. The minimum atomic E-state index is -0.0432. The van der Waals surface area contributed by atoms with Gasteiger partial charge in [0.15, 0.2) is 0 Å². The van der Waals surface area contributed by atoms with Gasteiger partial charge in [-0.3, -0.25) is 4.79 Å². The number of hydrogen-bond acceptors (Lipinski definition) is 4. The topological polar surface area (TPSA) is 44.8 Å². The van der Waals surface area contributed by atoms with Crippen LogP contribution in [0.5, 0.6) is 0 Å². The summed E-state index contributed by atoms with van der Waals surface area (Å²) in [6.45, 7) is 10.1. The standard InChI is InChI=1S/C22H29N3O2/c1-3-24(4-2)20-11-7-19(8-12-20)22(26)23-17-18-5-9-21(10-6-18)25-13-15-27-16-14-25/h5-12H,3-4,13-17H2,1-2H3,(H,23,26). The van der Waals surface area contributed by atoms with Crippen LogP contribution in [0.4, 0.5) is 11.4 Å². The van der Waals surface area contributed by atoms with E-state index in [1.807, 2.05) is 24.3 Å². The average Bonchev–Trinajstić information content (AvgIpc) is 2.74. The van der Waals surface area contributed by atoms with Crippen LogP contribution in [0.15, 0.2) is 48.5 Å². The van der Waals surface area contributed by atoms with Crippen LogP contribution >= 0.6 is 0 Å². The van der Waals surface area contributed by atoms with Gasteiger partial charge in [0.05, 0.1) is 13.2 Å². The molecule has 0 aromatic heterocycles. The van der Waals surface area contributed by atoms with Crippen LogP contribution in [0.2, 0.25) is 0 Å². The van der Waals surface area contributed by atoms with E-state index in [1.54, 1.807) is 0 Å². The van der Waals surface area contributed by atoms with Crippen LogP contribution in [0.3, 0.4) is 0 Å².